The van der Waals surface area contributed by atoms with E-state index in [2.05, 4.69) is 10.3 Å². The van der Waals surface area contributed by atoms with Gasteiger partial charge in [0.25, 0.3) is 5.91 Å². The van der Waals surface area contributed by atoms with Gasteiger partial charge in [-0.1, -0.05) is 18.2 Å². The summed E-state index contributed by atoms with van der Waals surface area (Å²) in [5.41, 5.74) is 3.22. The number of aryl methyl sites for hydroxylation is 1. The van der Waals surface area contributed by atoms with Crippen molar-refractivity contribution in [2.45, 2.75) is 13.0 Å². The van der Waals surface area contributed by atoms with Gasteiger partial charge in [0.1, 0.15) is 11.3 Å². The largest absolute Gasteiger partial charge is 0.496 e. The first-order chi connectivity index (χ1) is 12.7. The molecule has 0 aliphatic carbocycles. The summed E-state index contributed by atoms with van der Waals surface area (Å²) < 4.78 is 11.3. The number of carbonyl (C=O) groups excluding carboxylic acids is 1. The lowest BCUT2D eigenvalue weighted by Gasteiger charge is -2.36. The summed E-state index contributed by atoms with van der Waals surface area (Å²) in [5.74, 6) is 0.971. The van der Waals surface area contributed by atoms with E-state index in [4.69, 9.17) is 9.15 Å². The molecule has 3 aromatic rings. The van der Waals surface area contributed by atoms with Crippen molar-refractivity contribution in [1.29, 1.82) is 0 Å². The van der Waals surface area contributed by atoms with Crippen LogP contribution in [0.15, 0.2) is 46.9 Å². The van der Waals surface area contributed by atoms with E-state index in [0.29, 0.717) is 29.9 Å². The second-order valence-corrected chi connectivity index (χ2v) is 6.41. The molecule has 1 aliphatic rings. The van der Waals surface area contributed by atoms with E-state index >= 15 is 0 Å². The monoisotopic (exact) mass is 351 g/mol. The molecule has 2 aromatic heterocycles. The molecule has 134 valence electrons. The lowest BCUT2D eigenvalue weighted by molar-refractivity contribution is 0.0601. The van der Waals surface area contributed by atoms with E-state index in [-0.39, 0.29) is 11.9 Å². The molecule has 1 saturated heterocycles. The highest BCUT2D eigenvalue weighted by Crippen LogP contribution is 2.31. The molecule has 1 aromatic carbocycles. The summed E-state index contributed by atoms with van der Waals surface area (Å²) in [4.78, 5) is 19.5. The Bertz CT molecular complexity index is 950. The molecule has 1 atom stereocenters. The highest BCUT2D eigenvalue weighted by molar-refractivity contribution is 5.95. The zero-order valence-corrected chi connectivity index (χ0v) is 14.9. The molecule has 1 unspecified atom stereocenters. The average molecular weight is 351 g/mol. The minimum absolute atomic E-state index is 0.115. The number of carbonyl (C=O) groups is 1. The van der Waals surface area contributed by atoms with Crippen molar-refractivity contribution in [1.82, 2.24) is 15.2 Å². The van der Waals surface area contributed by atoms with Gasteiger partial charge in [-0.15, -0.1) is 0 Å². The van der Waals surface area contributed by atoms with E-state index < -0.39 is 0 Å². The summed E-state index contributed by atoms with van der Waals surface area (Å²) in [5, 5.41) is 3.36. The van der Waals surface area contributed by atoms with Crippen molar-refractivity contribution in [3.63, 3.8) is 0 Å². The molecule has 0 spiro atoms. The van der Waals surface area contributed by atoms with E-state index in [9.17, 15) is 4.79 Å². The molecular weight excluding hydrogens is 330 g/mol. The molecule has 0 saturated carbocycles. The van der Waals surface area contributed by atoms with Gasteiger partial charge in [-0.25, -0.2) is 4.98 Å². The lowest BCUT2D eigenvalue weighted by Crippen LogP contribution is -2.48. The summed E-state index contributed by atoms with van der Waals surface area (Å²) in [6.07, 6.45) is 0. The second kappa shape index (κ2) is 6.80. The number of benzene rings is 1. The van der Waals surface area contributed by atoms with Gasteiger partial charge in [0.05, 0.1) is 13.2 Å². The minimum Gasteiger partial charge on any atom is -0.496 e. The molecule has 3 heterocycles. The predicted octanol–water partition coefficient (Wildman–Crippen LogP) is 2.93. The van der Waals surface area contributed by atoms with Crippen LogP contribution in [0.5, 0.6) is 5.75 Å². The number of aromatic nitrogens is 1. The van der Waals surface area contributed by atoms with Crippen molar-refractivity contribution >= 4 is 17.0 Å². The fourth-order valence-corrected chi connectivity index (χ4v) is 3.44. The number of fused-ring (bicyclic) bond motifs is 1. The van der Waals surface area contributed by atoms with Crippen LogP contribution in [0.2, 0.25) is 0 Å². The SMILES string of the molecule is COc1ccccc1C1CNCCN1C(=O)c1cc2nc(C)ccc2o1. The van der Waals surface area contributed by atoms with Gasteiger partial charge >= 0.3 is 0 Å². The third kappa shape index (κ3) is 2.93. The number of pyridine rings is 1. The Kier molecular flexibility index (Phi) is 4.34. The highest BCUT2D eigenvalue weighted by atomic mass is 16.5. The number of furan rings is 1. The van der Waals surface area contributed by atoms with Gasteiger partial charge < -0.3 is 19.4 Å². The number of nitrogens with zero attached hydrogens (tertiary/aromatic N) is 2. The third-order valence-corrected chi connectivity index (χ3v) is 4.73. The van der Waals surface area contributed by atoms with Gasteiger partial charge in [-0.05, 0) is 25.1 Å². The molecule has 0 radical (unpaired) electrons. The van der Waals surface area contributed by atoms with Crippen molar-refractivity contribution in [3.8, 4) is 5.75 Å². The first-order valence-electron chi connectivity index (χ1n) is 8.69. The predicted molar refractivity (Wildman–Crippen MR) is 98.4 cm³/mol. The summed E-state index contributed by atoms with van der Waals surface area (Å²) in [6, 6.07) is 13.1. The quantitative estimate of drug-likeness (QED) is 0.786. The number of hydrogen-bond donors (Lipinski definition) is 1. The van der Waals surface area contributed by atoms with Gasteiger partial charge in [-0.2, -0.15) is 0 Å². The third-order valence-electron chi connectivity index (χ3n) is 4.73. The molecule has 6 heteroatoms. The fraction of sp³-hybridized carbons (Fsp3) is 0.300. The van der Waals surface area contributed by atoms with Gasteiger partial charge in [0.15, 0.2) is 11.3 Å². The van der Waals surface area contributed by atoms with Crippen LogP contribution in [0, 0.1) is 6.92 Å². The Hall–Kier alpha value is -2.86. The first-order valence-corrected chi connectivity index (χ1v) is 8.69. The molecule has 0 bridgehead atoms. The average Bonchev–Trinajstić information content (AvgIpc) is 3.10. The van der Waals surface area contributed by atoms with Crippen LogP contribution in [0.25, 0.3) is 11.1 Å². The van der Waals surface area contributed by atoms with Crippen molar-refractivity contribution in [2.75, 3.05) is 26.7 Å². The Labute approximate surface area is 151 Å². The molecule has 1 fully saturated rings. The number of amides is 1. The summed E-state index contributed by atoms with van der Waals surface area (Å²) in [6.45, 7) is 3.94. The van der Waals surface area contributed by atoms with E-state index in [1.165, 1.54) is 0 Å². The van der Waals surface area contributed by atoms with Crippen molar-refractivity contribution in [2.24, 2.45) is 0 Å². The molecule has 1 amide bonds. The standard InChI is InChI=1S/C20H21N3O3/c1-13-7-8-18-15(22-13)11-19(26-18)20(24)23-10-9-21-12-16(23)14-5-3-4-6-17(14)25-2/h3-8,11,16,21H,9-10,12H2,1-2H3. The lowest BCUT2D eigenvalue weighted by atomic mass is 10.0. The van der Waals surface area contributed by atoms with Gasteiger partial charge in [-0.3, -0.25) is 4.79 Å². The maximum absolute atomic E-state index is 13.2. The Morgan fingerprint density at radius 3 is 3.00 bits per heavy atom. The first kappa shape index (κ1) is 16.6. The second-order valence-electron chi connectivity index (χ2n) is 6.41. The van der Waals surface area contributed by atoms with Crippen LogP contribution in [-0.4, -0.2) is 42.5 Å². The maximum Gasteiger partial charge on any atom is 0.290 e. The number of ether oxygens (including phenoxy) is 1. The van der Waals surface area contributed by atoms with Crippen LogP contribution < -0.4 is 10.1 Å². The normalized spacial score (nSPS) is 17.5. The van der Waals surface area contributed by atoms with Crippen molar-refractivity contribution < 1.29 is 13.9 Å². The van der Waals surface area contributed by atoms with E-state index in [0.717, 1.165) is 23.6 Å². The van der Waals surface area contributed by atoms with Crippen molar-refractivity contribution in [3.05, 3.63) is 59.5 Å². The van der Waals surface area contributed by atoms with Crippen LogP contribution in [-0.2, 0) is 0 Å². The minimum atomic E-state index is -0.127. The summed E-state index contributed by atoms with van der Waals surface area (Å²) >= 11 is 0. The maximum atomic E-state index is 13.2. The van der Waals surface area contributed by atoms with Crippen LogP contribution in [0.4, 0.5) is 0 Å². The molecule has 1 aliphatic heterocycles. The zero-order chi connectivity index (χ0) is 18.1. The van der Waals surface area contributed by atoms with Gasteiger partial charge in [0.2, 0.25) is 0 Å². The number of rotatable bonds is 3. The Morgan fingerprint density at radius 2 is 2.15 bits per heavy atom. The number of nitrogens with one attached hydrogen (secondary N) is 1. The van der Waals surface area contributed by atoms with Crippen LogP contribution in [0.1, 0.15) is 27.9 Å². The van der Waals surface area contributed by atoms with E-state index in [1.807, 2.05) is 48.2 Å². The smallest absolute Gasteiger partial charge is 0.290 e. The van der Waals surface area contributed by atoms with Crippen LogP contribution in [0.3, 0.4) is 0 Å². The Morgan fingerprint density at radius 1 is 1.31 bits per heavy atom. The number of piperazine rings is 1. The van der Waals surface area contributed by atoms with Gasteiger partial charge in [0, 0.05) is 37.0 Å². The molecule has 6 nitrogen and oxygen atoms in total. The molecular formula is C20H21N3O3. The summed E-state index contributed by atoms with van der Waals surface area (Å²) in [7, 11) is 1.65. The number of methoxy groups -OCH3 is 1. The molecule has 1 N–H and O–H groups in total. The Balaban J connectivity index is 1.69. The van der Waals surface area contributed by atoms with E-state index in [1.54, 1.807) is 13.2 Å². The van der Waals surface area contributed by atoms with Crippen LogP contribution >= 0.6 is 0 Å². The number of para-hydroxylation sites is 1. The highest BCUT2D eigenvalue weighted by Gasteiger charge is 2.32. The zero-order valence-electron chi connectivity index (χ0n) is 14.9. The molecule has 26 heavy (non-hydrogen) atoms. The topological polar surface area (TPSA) is 67.6 Å². The number of hydrogen-bond acceptors (Lipinski definition) is 5. The molecule has 4 rings (SSSR count). The fourth-order valence-electron chi connectivity index (χ4n) is 3.44.